The van der Waals surface area contributed by atoms with Gasteiger partial charge in [0.1, 0.15) is 0 Å². The zero-order chi connectivity index (χ0) is 12.6. The zero-order valence-corrected chi connectivity index (χ0v) is 11.1. The van der Waals surface area contributed by atoms with Crippen molar-refractivity contribution in [2.24, 2.45) is 0 Å². The van der Waals surface area contributed by atoms with Crippen LogP contribution < -0.4 is 24.0 Å². The number of carbonyl (C=O) groups excluding carboxylic acids is 2. The fourth-order valence-electron chi connectivity index (χ4n) is 1.29. The van der Waals surface area contributed by atoms with Gasteiger partial charge in [-0.15, -0.1) is 6.58 Å². The van der Waals surface area contributed by atoms with E-state index in [2.05, 4.69) is 6.58 Å². The Kier molecular flexibility index (Phi) is 11.4. The molecular formula is C12H20LiNO3. The molecule has 0 aromatic heterocycles. The van der Waals surface area contributed by atoms with Gasteiger partial charge in [0.2, 0.25) is 5.91 Å². The molecule has 4 nitrogen and oxygen atoms in total. The molecule has 1 atom stereocenters. The normalized spacial score (nSPS) is 11.2. The molecule has 0 aliphatic rings. The van der Waals surface area contributed by atoms with Gasteiger partial charge in [0.05, 0.1) is 12.0 Å². The first-order valence-electron chi connectivity index (χ1n) is 5.58. The van der Waals surface area contributed by atoms with Crippen molar-refractivity contribution < 1.29 is 33.6 Å². The Morgan fingerprint density at radius 3 is 2.41 bits per heavy atom. The smallest absolute Gasteiger partial charge is 0.548 e. The number of carboxylic acid groups (broad SMARTS) is 1. The number of carboxylic acids is 1. The second-order valence-corrected chi connectivity index (χ2v) is 3.89. The van der Waals surface area contributed by atoms with Crippen molar-refractivity contribution in [3.63, 3.8) is 0 Å². The summed E-state index contributed by atoms with van der Waals surface area (Å²) in [7, 11) is 1.49. The van der Waals surface area contributed by atoms with E-state index in [9.17, 15) is 14.7 Å². The average Bonchev–Trinajstić information content (AvgIpc) is 2.26. The van der Waals surface area contributed by atoms with Gasteiger partial charge in [-0.2, -0.15) is 0 Å². The molecule has 5 heteroatoms. The minimum atomic E-state index is -1.22. The van der Waals surface area contributed by atoms with E-state index in [1.165, 1.54) is 18.9 Å². The van der Waals surface area contributed by atoms with Crippen LogP contribution in [0.1, 0.15) is 39.0 Å². The molecule has 0 saturated heterocycles. The van der Waals surface area contributed by atoms with Crippen molar-refractivity contribution >= 4 is 11.9 Å². The Hall–Kier alpha value is -0.723. The summed E-state index contributed by atoms with van der Waals surface area (Å²) in [5.74, 6) is -1.36. The van der Waals surface area contributed by atoms with Crippen LogP contribution in [0.4, 0.5) is 0 Å². The van der Waals surface area contributed by atoms with Gasteiger partial charge in [0.25, 0.3) is 0 Å². The van der Waals surface area contributed by atoms with Gasteiger partial charge in [-0.3, -0.25) is 4.79 Å². The summed E-state index contributed by atoms with van der Waals surface area (Å²) in [5, 5.41) is 10.5. The van der Waals surface area contributed by atoms with Crippen LogP contribution >= 0.6 is 0 Å². The average molecular weight is 233 g/mol. The van der Waals surface area contributed by atoms with E-state index in [0.29, 0.717) is 6.42 Å². The summed E-state index contributed by atoms with van der Waals surface area (Å²) in [6.07, 6.45) is 5.98. The molecule has 0 radical (unpaired) electrons. The van der Waals surface area contributed by atoms with Gasteiger partial charge < -0.3 is 14.8 Å². The minimum Gasteiger partial charge on any atom is -0.548 e. The Bertz CT molecular complexity index is 256. The monoisotopic (exact) mass is 233 g/mol. The van der Waals surface area contributed by atoms with Crippen LogP contribution in [-0.4, -0.2) is 29.9 Å². The molecule has 92 valence electrons. The van der Waals surface area contributed by atoms with Crippen LogP contribution in [-0.2, 0) is 9.59 Å². The predicted molar refractivity (Wildman–Crippen MR) is 60.5 cm³/mol. The van der Waals surface area contributed by atoms with E-state index >= 15 is 0 Å². The van der Waals surface area contributed by atoms with Crippen LogP contribution in [0.25, 0.3) is 0 Å². The summed E-state index contributed by atoms with van der Waals surface area (Å²) in [4.78, 5) is 23.3. The third-order valence-corrected chi connectivity index (χ3v) is 2.61. The third kappa shape index (κ3) is 8.06. The zero-order valence-electron chi connectivity index (χ0n) is 11.1. The number of hydrogen-bond acceptors (Lipinski definition) is 3. The number of rotatable bonds is 8. The molecule has 0 aromatic rings. The molecule has 0 aromatic carbocycles. The molecule has 0 rings (SSSR count). The summed E-state index contributed by atoms with van der Waals surface area (Å²) in [6.45, 7) is 5.07. The van der Waals surface area contributed by atoms with Gasteiger partial charge >= 0.3 is 18.9 Å². The molecule has 0 aliphatic carbocycles. The number of allylic oxidation sites excluding steroid dienone is 1. The first-order valence-corrected chi connectivity index (χ1v) is 5.58. The summed E-state index contributed by atoms with van der Waals surface area (Å²) in [5.41, 5.74) is 0. The van der Waals surface area contributed by atoms with Crippen molar-refractivity contribution in [1.82, 2.24) is 4.90 Å². The predicted octanol–water partition coefficient (Wildman–Crippen LogP) is -2.28. The van der Waals surface area contributed by atoms with Crippen molar-refractivity contribution in [1.29, 1.82) is 0 Å². The quantitative estimate of drug-likeness (QED) is 0.270. The molecule has 0 bridgehead atoms. The molecule has 0 heterocycles. The molecular weight excluding hydrogens is 213 g/mol. The number of nitrogens with zero attached hydrogens (tertiary/aromatic N) is 1. The molecule has 0 aliphatic heterocycles. The van der Waals surface area contributed by atoms with Gasteiger partial charge in [0, 0.05) is 13.5 Å². The maximum Gasteiger partial charge on any atom is 1.00 e. The second-order valence-electron chi connectivity index (χ2n) is 3.89. The summed E-state index contributed by atoms with van der Waals surface area (Å²) in [6, 6.07) is -0.860. The van der Waals surface area contributed by atoms with E-state index in [0.717, 1.165) is 25.7 Å². The molecule has 0 saturated carbocycles. The van der Waals surface area contributed by atoms with Crippen LogP contribution in [0.2, 0.25) is 0 Å². The number of hydrogen-bond donors (Lipinski definition) is 0. The molecule has 1 unspecified atom stereocenters. The summed E-state index contributed by atoms with van der Waals surface area (Å²) >= 11 is 0. The van der Waals surface area contributed by atoms with Gasteiger partial charge in [0.15, 0.2) is 0 Å². The number of aliphatic carboxylic acids is 1. The topological polar surface area (TPSA) is 60.4 Å². The van der Waals surface area contributed by atoms with Crippen LogP contribution in [0, 0.1) is 0 Å². The largest absolute Gasteiger partial charge is 1.00 e. The molecule has 1 amide bonds. The maximum atomic E-state index is 11.5. The van der Waals surface area contributed by atoms with Gasteiger partial charge in [-0.05, 0) is 26.2 Å². The second kappa shape index (κ2) is 10.4. The number of likely N-dealkylation sites (N-methyl/N-ethyl adjacent to an activating group) is 1. The van der Waals surface area contributed by atoms with Gasteiger partial charge in [-0.1, -0.05) is 12.5 Å². The van der Waals surface area contributed by atoms with Crippen molar-refractivity contribution in [3.05, 3.63) is 12.7 Å². The molecule has 0 spiro atoms. The molecule has 0 fully saturated rings. The van der Waals surface area contributed by atoms with E-state index < -0.39 is 12.0 Å². The fourth-order valence-corrected chi connectivity index (χ4v) is 1.29. The van der Waals surface area contributed by atoms with Crippen molar-refractivity contribution in [2.45, 2.75) is 45.1 Å². The standard InChI is InChI=1S/C12H21NO3.Li/c1-4-5-6-7-8-9-11(14)13(3)10(2)12(15)16;/h4,10H,1,5-9H2,2-3H3,(H,15,16);/q;+1/p-1. The van der Waals surface area contributed by atoms with E-state index in [1.807, 2.05) is 6.08 Å². The SMILES string of the molecule is C=CCCCCCC(=O)N(C)C(C)C(=O)[O-].[Li+]. The Morgan fingerprint density at radius 2 is 1.94 bits per heavy atom. The maximum absolute atomic E-state index is 11.5. The van der Waals surface area contributed by atoms with Crippen LogP contribution in [0.15, 0.2) is 12.7 Å². The number of amides is 1. The van der Waals surface area contributed by atoms with E-state index in [1.54, 1.807) is 0 Å². The number of unbranched alkanes of at least 4 members (excludes halogenated alkanes) is 3. The Morgan fingerprint density at radius 1 is 1.35 bits per heavy atom. The fraction of sp³-hybridized carbons (Fsp3) is 0.667. The summed E-state index contributed by atoms with van der Waals surface area (Å²) < 4.78 is 0. The van der Waals surface area contributed by atoms with Crippen LogP contribution in [0.3, 0.4) is 0 Å². The Labute approximate surface area is 115 Å². The van der Waals surface area contributed by atoms with E-state index in [4.69, 9.17) is 0 Å². The van der Waals surface area contributed by atoms with Crippen molar-refractivity contribution in [2.75, 3.05) is 7.05 Å². The minimum absolute atomic E-state index is 0. The van der Waals surface area contributed by atoms with Gasteiger partial charge in [-0.25, -0.2) is 0 Å². The van der Waals surface area contributed by atoms with E-state index in [-0.39, 0.29) is 24.8 Å². The number of carbonyl (C=O) groups is 2. The third-order valence-electron chi connectivity index (χ3n) is 2.61. The first-order chi connectivity index (χ1) is 7.50. The Balaban J connectivity index is 0. The molecule has 17 heavy (non-hydrogen) atoms. The van der Waals surface area contributed by atoms with Crippen LogP contribution in [0.5, 0.6) is 0 Å². The first kappa shape index (κ1) is 18.6. The molecule has 0 N–H and O–H groups in total. The van der Waals surface area contributed by atoms with Crippen molar-refractivity contribution in [3.8, 4) is 0 Å².